The van der Waals surface area contributed by atoms with E-state index < -0.39 is 0 Å². The Morgan fingerprint density at radius 3 is 3.00 bits per heavy atom. The zero-order chi connectivity index (χ0) is 12.3. The third-order valence-corrected chi connectivity index (χ3v) is 2.88. The van der Waals surface area contributed by atoms with Crippen LogP contribution in [0.25, 0.3) is 0 Å². The van der Waals surface area contributed by atoms with Gasteiger partial charge in [-0.3, -0.25) is 9.88 Å². The molecule has 0 spiro atoms. The number of nitrogens with zero attached hydrogens (tertiary/aromatic N) is 2. The maximum Gasteiger partial charge on any atom is 0.339 e. The minimum absolute atomic E-state index is 0.218. The maximum absolute atomic E-state index is 11.2. The molecule has 0 saturated carbocycles. The summed E-state index contributed by atoms with van der Waals surface area (Å²) in [5.41, 5.74) is 1.35. The number of carbonyl (C=O) groups is 1. The highest BCUT2D eigenvalue weighted by Crippen LogP contribution is 2.12. The Kier molecular flexibility index (Phi) is 3.71. The number of β-amino-alcohol motifs (C(OH)–C–C–N with tert-alkyl or cyclic N) is 1. The maximum atomic E-state index is 11.2. The molecule has 0 radical (unpaired) electrons. The number of aliphatic hydroxyl groups is 1. The van der Waals surface area contributed by atoms with E-state index in [1.807, 2.05) is 6.07 Å². The molecule has 0 aliphatic carbocycles. The molecule has 1 unspecified atom stereocenters. The lowest BCUT2D eigenvalue weighted by atomic mass is 10.2. The van der Waals surface area contributed by atoms with Crippen molar-refractivity contribution in [1.82, 2.24) is 9.88 Å². The van der Waals surface area contributed by atoms with Gasteiger partial charge < -0.3 is 9.84 Å². The van der Waals surface area contributed by atoms with Gasteiger partial charge in [0.1, 0.15) is 0 Å². The standard InChI is InChI=1S/C12H16N2O3/c1-17-12(16)9-2-3-10(13-6-9)7-14-5-4-11(15)8-14/h2-3,6,11,15H,4-5,7-8H2,1H3. The predicted octanol–water partition coefficient (Wildman–Crippen LogP) is 0.435. The van der Waals surface area contributed by atoms with E-state index in [1.54, 1.807) is 6.07 Å². The summed E-state index contributed by atoms with van der Waals surface area (Å²) in [6.45, 7) is 2.29. The molecule has 2 rings (SSSR count). The molecule has 1 aromatic heterocycles. The van der Waals surface area contributed by atoms with Crippen molar-refractivity contribution in [2.45, 2.75) is 19.1 Å². The molecule has 92 valence electrons. The number of rotatable bonds is 3. The fourth-order valence-corrected chi connectivity index (χ4v) is 1.94. The third-order valence-electron chi connectivity index (χ3n) is 2.88. The molecular formula is C12H16N2O3. The first kappa shape index (κ1) is 12.0. The van der Waals surface area contributed by atoms with Gasteiger partial charge in [-0.1, -0.05) is 0 Å². The molecule has 1 fully saturated rings. The predicted molar refractivity (Wildman–Crippen MR) is 61.5 cm³/mol. The molecule has 1 aromatic rings. The average molecular weight is 236 g/mol. The number of carbonyl (C=O) groups excluding carboxylic acids is 1. The Labute approximate surface area is 100 Å². The Hall–Kier alpha value is -1.46. The van der Waals surface area contributed by atoms with Gasteiger partial charge in [0, 0.05) is 25.8 Å². The lowest BCUT2D eigenvalue weighted by Gasteiger charge is -2.13. The lowest BCUT2D eigenvalue weighted by molar-refractivity contribution is 0.0600. The number of hydrogen-bond acceptors (Lipinski definition) is 5. The molecule has 1 aliphatic rings. The van der Waals surface area contributed by atoms with E-state index in [-0.39, 0.29) is 12.1 Å². The number of likely N-dealkylation sites (tertiary alicyclic amines) is 1. The van der Waals surface area contributed by atoms with E-state index in [0.29, 0.717) is 18.7 Å². The zero-order valence-corrected chi connectivity index (χ0v) is 9.80. The molecule has 2 heterocycles. The van der Waals surface area contributed by atoms with Crippen molar-refractivity contribution in [3.63, 3.8) is 0 Å². The van der Waals surface area contributed by atoms with Crippen LogP contribution in [0.3, 0.4) is 0 Å². The van der Waals surface area contributed by atoms with E-state index >= 15 is 0 Å². The molecule has 5 nitrogen and oxygen atoms in total. The van der Waals surface area contributed by atoms with Gasteiger partial charge >= 0.3 is 5.97 Å². The Bertz CT molecular complexity index is 391. The van der Waals surface area contributed by atoms with Crippen LogP contribution >= 0.6 is 0 Å². The van der Waals surface area contributed by atoms with Crippen molar-refractivity contribution in [3.05, 3.63) is 29.6 Å². The van der Waals surface area contributed by atoms with Gasteiger partial charge in [-0.2, -0.15) is 0 Å². The second-order valence-corrected chi connectivity index (χ2v) is 4.21. The Balaban J connectivity index is 1.96. The molecule has 0 aromatic carbocycles. The molecule has 0 bridgehead atoms. The van der Waals surface area contributed by atoms with Crippen LogP contribution in [0.1, 0.15) is 22.5 Å². The summed E-state index contributed by atoms with van der Waals surface area (Å²) in [5.74, 6) is -0.374. The molecular weight excluding hydrogens is 220 g/mol. The van der Waals surface area contributed by atoms with Crippen LogP contribution in [-0.2, 0) is 11.3 Å². The highest BCUT2D eigenvalue weighted by atomic mass is 16.5. The fraction of sp³-hybridized carbons (Fsp3) is 0.500. The largest absolute Gasteiger partial charge is 0.465 e. The summed E-state index contributed by atoms with van der Waals surface area (Å²) in [4.78, 5) is 17.6. The van der Waals surface area contributed by atoms with Crippen molar-refractivity contribution < 1.29 is 14.6 Å². The van der Waals surface area contributed by atoms with Gasteiger partial charge in [-0.15, -0.1) is 0 Å². The Morgan fingerprint density at radius 2 is 2.47 bits per heavy atom. The SMILES string of the molecule is COC(=O)c1ccc(CN2CCC(O)C2)nc1. The van der Waals surface area contributed by atoms with Crippen LogP contribution in [0, 0.1) is 0 Å². The van der Waals surface area contributed by atoms with Gasteiger partial charge in [-0.25, -0.2) is 4.79 Å². The smallest absolute Gasteiger partial charge is 0.339 e. The van der Waals surface area contributed by atoms with Gasteiger partial charge in [0.2, 0.25) is 0 Å². The van der Waals surface area contributed by atoms with E-state index in [9.17, 15) is 9.90 Å². The first-order chi connectivity index (χ1) is 8.19. The van der Waals surface area contributed by atoms with Crippen molar-refractivity contribution in [2.75, 3.05) is 20.2 Å². The summed E-state index contributed by atoms with van der Waals surface area (Å²) in [6, 6.07) is 3.53. The van der Waals surface area contributed by atoms with Crippen LogP contribution in [-0.4, -0.2) is 47.3 Å². The first-order valence-electron chi connectivity index (χ1n) is 5.62. The van der Waals surface area contributed by atoms with Crippen molar-refractivity contribution in [3.8, 4) is 0 Å². The molecule has 0 amide bonds. The molecule has 1 atom stereocenters. The van der Waals surface area contributed by atoms with Gasteiger partial charge in [0.05, 0.1) is 24.5 Å². The van der Waals surface area contributed by atoms with Gasteiger partial charge in [0.15, 0.2) is 0 Å². The summed E-state index contributed by atoms with van der Waals surface area (Å²) < 4.78 is 4.60. The number of methoxy groups -OCH3 is 1. The number of esters is 1. The number of pyridine rings is 1. The number of aliphatic hydroxyl groups excluding tert-OH is 1. The Morgan fingerprint density at radius 1 is 1.65 bits per heavy atom. The number of ether oxygens (including phenoxy) is 1. The van der Waals surface area contributed by atoms with Crippen LogP contribution in [0.5, 0.6) is 0 Å². The number of aromatic nitrogens is 1. The average Bonchev–Trinajstić information content (AvgIpc) is 2.75. The zero-order valence-electron chi connectivity index (χ0n) is 9.80. The first-order valence-corrected chi connectivity index (χ1v) is 5.62. The second-order valence-electron chi connectivity index (χ2n) is 4.21. The van der Waals surface area contributed by atoms with Gasteiger partial charge in [0.25, 0.3) is 0 Å². The highest BCUT2D eigenvalue weighted by Gasteiger charge is 2.20. The van der Waals surface area contributed by atoms with E-state index in [1.165, 1.54) is 13.3 Å². The third kappa shape index (κ3) is 3.01. The minimum Gasteiger partial charge on any atom is -0.465 e. The molecule has 17 heavy (non-hydrogen) atoms. The quantitative estimate of drug-likeness (QED) is 0.771. The summed E-state index contributed by atoms with van der Waals surface area (Å²) >= 11 is 0. The van der Waals surface area contributed by atoms with Crippen molar-refractivity contribution in [1.29, 1.82) is 0 Å². The molecule has 1 N–H and O–H groups in total. The number of hydrogen-bond donors (Lipinski definition) is 1. The summed E-state index contributed by atoms with van der Waals surface area (Å²) in [7, 11) is 1.35. The summed E-state index contributed by atoms with van der Waals surface area (Å²) in [6.07, 6.45) is 2.12. The van der Waals surface area contributed by atoms with Crippen LogP contribution < -0.4 is 0 Å². The van der Waals surface area contributed by atoms with Crippen LogP contribution in [0.15, 0.2) is 18.3 Å². The van der Waals surface area contributed by atoms with E-state index in [2.05, 4.69) is 14.6 Å². The fourth-order valence-electron chi connectivity index (χ4n) is 1.94. The van der Waals surface area contributed by atoms with Crippen LogP contribution in [0.2, 0.25) is 0 Å². The van der Waals surface area contributed by atoms with Gasteiger partial charge in [-0.05, 0) is 18.6 Å². The second kappa shape index (κ2) is 5.25. The van der Waals surface area contributed by atoms with Crippen molar-refractivity contribution >= 4 is 5.97 Å². The lowest BCUT2D eigenvalue weighted by Crippen LogP contribution is -2.22. The van der Waals surface area contributed by atoms with E-state index in [0.717, 1.165) is 18.7 Å². The van der Waals surface area contributed by atoms with E-state index in [4.69, 9.17) is 0 Å². The summed E-state index contributed by atoms with van der Waals surface area (Å²) in [5, 5.41) is 9.40. The minimum atomic E-state index is -0.374. The molecule has 1 saturated heterocycles. The normalized spacial score (nSPS) is 20.5. The monoisotopic (exact) mass is 236 g/mol. The van der Waals surface area contributed by atoms with Crippen molar-refractivity contribution in [2.24, 2.45) is 0 Å². The van der Waals surface area contributed by atoms with Crippen LogP contribution in [0.4, 0.5) is 0 Å². The topological polar surface area (TPSA) is 62.7 Å². The molecule has 5 heteroatoms. The molecule has 1 aliphatic heterocycles. The highest BCUT2D eigenvalue weighted by molar-refractivity contribution is 5.88.